The maximum absolute atomic E-state index is 10.8. The molecule has 110 valence electrons. The van der Waals surface area contributed by atoms with Crippen LogP contribution in [0.25, 0.3) is 0 Å². The van der Waals surface area contributed by atoms with Crippen LogP contribution in [0, 0.1) is 0 Å². The van der Waals surface area contributed by atoms with E-state index in [0.717, 1.165) is 0 Å². The van der Waals surface area contributed by atoms with E-state index in [1.54, 1.807) is 0 Å². The van der Waals surface area contributed by atoms with Gasteiger partial charge in [-0.1, -0.05) is 11.6 Å². The summed E-state index contributed by atoms with van der Waals surface area (Å²) in [6, 6.07) is -0.0435. The first-order valence-corrected chi connectivity index (χ1v) is 6.48. The van der Waals surface area contributed by atoms with Crippen molar-refractivity contribution in [2.24, 2.45) is 0 Å². The number of aliphatic hydroxyl groups excluding tert-OH is 1. The predicted octanol–water partition coefficient (Wildman–Crippen LogP) is 0.665. The van der Waals surface area contributed by atoms with Crippen molar-refractivity contribution >= 4 is 23.6 Å². The number of rotatable bonds is 5. The molecule has 20 heavy (non-hydrogen) atoms. The Labute approximate surface area is 120 Å². The normalized spacial score (nSPS) is 18.1. The fourth-order valence-electron chi connectivity index (χ4n) is 1.90. The molecule has 0 spiro atoms. The largest absolute Gasteiger partial charge is 0.474 e. The predicted molar refractivity (Wildman–Crippen MR) is 71.2 cm³/mol. The topological polar surface area (TPSA) is 108 Å². The number of likely N-dealkylation sites (tertiary alicyclic amines) is 1. The molecule has 1 aliphatic heterocycles. The molecule has 8 nitrogen and oxygen atoms in total. The van der Waals surface area contributed by atoms with Gasteiger partial charge in [-0.2, -0.15) is 4.98 Å². The third-order valence-corrected chi connectivity index (χ3v) is 3.09. The van der Waals surface area contributed by atoms with Crippen molar-refractivity contribution in [3.8, 4) is 5.88 Å². The molecule has 2 rings (SSSR count). The van der Waals surface area contributed by atoms with Gasteiger partial charge in [-0.3, -0.25) is 0 Å². The number of nitrogens with one attached hydrogen (secondary N) is 1. The molecule has 0 unspecified atom stereocenters. The Morgan fingerprint density at radius 2 is 2.45 bits per heavy atom. The first-order valence-electron chi connectivity index (χ1n) is 6.10. The zero-order chi connectivity index (χ0) is 14.5. The molecule has 1 aromatic heterocycles. The van der Waals surface area contributed by atoms with E-state index >= 15 is 0 Å². The molecule has 0 bridgehead atoms. The number of carboxylic acid groups (broad SMARTS) is 1. The number of amides is 1. The van der Waals surface area contributed by atoms with Gasteiger partial charge in [-0.15, -0.1) is 0 Å². The highest BCUT2D eigenvalue weighted by Gasteiger charge is 2.26. The van der Waals surface area contributed by atoms with Crippen molar-refractivity contribution in [1.29, 1.82) is 0 Å². The molecular formula is C11H15ClN4O4. The Hall–Kier alpha value is -1.80. The van der Waals surface area contributed by atoms with Gasteiger partial charge in [0, 0.05) is 19.1 Å². The minimum absolute atomic E-state index is 0.0435. The summed E-state index contributed by atoms with van der Waals surface area (Å²) in [5.41, 5.74) is 0. The van der Waals surface area contributed by atoms with Crippen LogP contribution in [0.15, 0.2) is 6.20 Å². The van der Waals surface area contributed by atoms with Crippen LogP contribution in [0.3, 0.4) is 0 Å². The molecule has 0 radical (unpaired) electrons. The molecular weight excluding hydrogens is 288 g/mol. The number of carbonyl (C=O) groups is 1. The Morgan fingerprint density at radius 3 is 3.10 bits per heavy atom. The highest BCUT2D eigenvalue weighted by Crippen LogP contribution is 2.22. The molecule has 2 heterocycles. The Bertz CT molecular complexity index is 487. The Balaban J connectivity index is 1.98. The number of ether oxygens (including phenoxy) is 1. The first kappa shape index (κ1) is 14.6. The van der Waals surface area contributed by atoms with Gasteiger partial charge in [0.05, 0.1) is 12.8 Å². The highest BCUT2D eigenvalue weighted by atomic mass is 35.5. The van der Waals surface area contributed by atoms with Gasteiger partial charge in [0.1, 0.15) is 11.6 Å². The van der Waals surface area contributed by atoms with E-state index in [4.69, 9.17) is 26.6 Å². The second-order valence-electron chi connectivity index (χ2n) is 4.28. The molecule has 9 heteroatoms. The molecule has 1 aromatic rings. The molecule has 3 N–H and O–H groups in total. The second-order valence-corrected chi connectivity index (χ2v) is 4.68. The maximum Gasteiger partial charge on any atom is 0.407 e. The van der Waals surface area contributed by atoms with Crippen molar-refractivity contribution in [3.63, 3.8) is 0 Å². The first-order chi connectivity index (χ1) is 9.60. The number of nitrogens with zero attached hydrogens (tertiary/aromatic N) is 3. The van der Waals surface area contributed by atoms with Crippen LogP contribution in [0.2, 0.25) is 5.02 Å². The van der Waals surface area contributed by atoms with Gasteiger partial charge in [0.15, 0.2) is 0 Å². The molecule has 0 saturated carbocycles. The molecule has 1 saturated heterocycles. The molecule has 1 amide bonds. The summed E-state index contributed by atoms with van der Waals surface area (Å²) in [6.07, 6.45) is 1.15. The summed E-state index contributed by atoms with van der Waals surface area (Å²) in [7, 11) is 0. The van der Waals surface area contributed by atoms with E-state index in [1.165, 1.54) is 11.1 Å². The Kier molecular flexibility index (Phi) is 4.80. The van der Waals surface area contributed by atoms with Crippen LogP contribution in [-0.4, -0.2) is 63.5 Å². The molecule has 1 aliphatic rings. The fraction of sp³-hybridized carbons (Fsp3) is 0.545. The third-order valence-electron chi connectivity index (χ3n) is 2.83. The summed E-state index contributed by atoms with van der Waals surface area (Å²) >= 11 is 5.87. The average molecular weight is 303 g/mol. The van der Waals surface area contributed by atoms with E-state index < -0.39 is 6.09 Å². The van der Waals surface area contributed by atoms with Crippen LogP contribution in [0.1, 0.15) is 6.42 Å². The van der Waals surface area contributed by atoms with Gasteiger partial charge in [0.2, 0.25) is 11.8 Å². The second kappa shape index (κ2) is 6.58. The van der Waals surface area contributed by atoms with E-state index in [0.29, 0.717) is 25.5 Å². The van der Waals surface area contributed by atoms with Crippen molar-refractivity contribution in [3.05, 3.63) is 11.2 Å². The van der Waals surface area contributed by atoms with E-state index in [1.807, 2.05) is 0 Å². The number of aliphatic hydroxyl groups is 1. The number of halogens is 1. The van der Waals surface area contributed by atoms with E-state index in [-0.39, 0.29) is 30.2 Å². The molecule has 0 aromatic carbocycles. The van der Waals surface area contributed by atoms with E-state index in [9.17, 15) is 4.79 Å². The summed E-state index contributed by atoms with van der Waals surface area (Å²) < 4.78 is 5.17. The number of anilines is 1. The summed E-state index contributed by atoms with van der Waals surface area (Å²) in [5, 5.41) is 20.9. The standard InChI is InChI=1S/C11H15ClN4O4/c12-8-5-13-10(15-9(8)20-4-3-17)14-7-1-2-16(6-7)11(18)19/h5,7,17H,1-4,6H2,(H,18,19)(H,13,14,15)/t7-/m1/s1. The summed E-state index contributed by atoms with van der Waals surface area (Å²) in [5.74, 6) is 0.505. The Morgan fingerprint density at radius 1 is 1.65 bits per heavy atom. The summed E-state index contributed by atoms with van der Waals surface area (Å²) in [6.45, 7) is 0.814. The molecule has 1 fully saturated rings. The smallest absolute Gasteiger partial charge is 0.407 e. The van der Waals surface area contributed by atoms with Crippen LogP contribution < -0.4 is 10.1 Å². The van der Waals surface area contributed by atoms with Crippen LogP contribution in [0.5, 0.6) is 5.88 Å². The zero-order valence-electron chi connectivity index (χ0n) is 10.6. The lowest BCUT2D eigenvalue weighted by Gasteiger charge is -2.14. The number of hydrogen-bond acceptors (Lipinski definition) is 6. The molecule has 1 atom stereocenters. The van der Waals surface area contributed by atoms with Crippen molar-refractivity contribution < 1.29 is 19.7 Å². The third kappa shape index (κ3) is 3.61. The zero-order valence-corrected chi connectivity index (χ0v) is 11.4. The van der Waals surface area contributed by atoms with Gasteiger partial charge in [-0.25, -0.2) is 9.78 Å². The van der Waals surface area contributed by atoms with Crippen LogP contribution >= 0.6 is 11.6 Å². The van der Waals surface area contributed by atoms with Gasteiger partial charge >= 0.3 is 6.09 Å². The SMILES string of the molecule is O=C(O)N1CC[C@@H](Nc2ncc(Cl)c(OCCO)n2)C1. The highest BCUT2D eigenvalue weighted by molar-refractivity contribution is 6.31. The maximum atomic E-state index is 10.8. The lowest BCUT2D eigenvalue weighted by molar-refractivity contribution is 0.155. The van der Waals surface area contributed by atoms with Crippen molar-refractivity contribution in [1.82, 2.24) is 14.9 Å². The van der Waals surface area contributed by atoms with Gasteiger partial charge in [-0.05, 0) is 6.42 Å². The lowest BCUT2D eigenvalue weighted by atomic mass is 10.3. The number of hydrogen-bond donors (Lipinski definition) is 3. The van der Waals surface area contributed by atoms with Gasteiger partial charge < -0.3 is 25.2 Å². The van der Waals surface area contributed by atoms with Gasteiger partial charge in [0.25, 0.3) is 0 Å². The van der Waals surface area contributed by atoms with Crippen molar-refractivity contribution in [2.45, 2.75) is 12.5 Å². The minimum Gasteiger partial charge on any atom is -0.474 e. The summed E-state index contributed by atoms with van der Waals surface area (Å²) in [4.78, 5) is 20.3. The monoisotopic (exact) mass is 302 g/mol. The number of aromatic nitrogens is 2. The van der Waals surface area contributed by atoms with Crippen molar-refractivity contribution in [2.75, 3.05) is 31.6 Å². The lowest BCUT2D eigenvalue weighted by Crippen LogP contribution is -2.30. The average Bonchev–Trinajstić information content (AvgIpc) is 2.88. The minimum atomic E-state index is -0.932. The van der Waals surface area contributed by atoms with E-state index in [2.05, 4.69) is 15.3 Å². The molecule has 0 aliphatic carbocycles. The quantitative estimate of drug-likeness (QED) is 0.733. The fourth-order valence-corrected chi connectivity index (χ4v) is 2.04. The van der Waals surface area contributed by atoms with Crippen LogP contribution in [0.4, 0.5) is 10.7 Å². The van der Waals surface area contributed by atoms with Crippen LogP contribution in [-0.2, 0) is 0 Å².